The summed E-state index contributed by atoms with van der Waals surface area (Å²) in [5, 5.41) is 5.20. The van der Waals surface area contributed by atoms with E-state index in [0.717, 1.165) is 11.4 Å². The number of piperazine rings is 1. The zero-order chi connectivity index (χ0) is 43.9. The van der Waals surface area contributed by atoms with Crippen LogP contribution in [-0.4, -0.2) is 109 Å². The van der Waals surface area contributed by atoms with E-state index in [9.17, 15) is 23.2 Å². The summed E-state index contributed by atoms with van der Waals surface area (Å²) >= 11 is 0. The molecule has 18 heteroatoms. The molecule has 0 atom stereocenters. The van der Waals surface area contributed by atoms with Crippen LogP contribution >= 0.6 is 0 Å². The smallest absolute Gasteiger partial charge is 0.409 e. The minimum absolute atomic E-state index is 0. The summed E-state index contributed by atoms with van der Waals surface area (Å²) in [6.45, 7) is 9.10. The number of pyridine rings is 2. The Kier molecular flexibility index (Phi) is 17.0. The van der Waals surface area contributed by atoms with Gasteiger partial charge >= 0.3 is 12.1 Å². The largest absolute Gasteiger partial charge is 0.453 e. The van der Waals surface area contributed by atoms with Gasteiger partial charge in [-0.15, -0.1) is 0 Å². The third kappa shape index (κ3) is 14.3. The summed E-state index contributed by atoms with van der Waals surface area (Å²) in [4.78, 5) is 64.4. The molecule has 312 valence electrons. The Morgan fingerprint density at radius 2 is 1.52 bits per heavy atom. The molecule has 0 aliphatic carbocycles. The first kappa shape index (κ1) is 42.8. The van der Waals surface area contributed by atoms with Crippen molar-refractivity contribution in [1.82, 2.24) is 24.7 Å². The number of rotatable bonds is 8. The van der Waals surface area contributed by atoms with E-state index < -0.39 is 11.8 Å². The molecule has 6 rings (SSSR count). The number of nitrogens with one attached hydrogen (secondary N) is 2. The van der Waals surface area contributed by atoms with Crippen LogP contribution in [0, 0.1) is 25.5 Å². The van der Waals surface area contributed by atoms with Gasteiger partial charge in [0.05, 0.1) is 55.9 Å². The first-order valence-corrected chi connectivity index (χ1v) is 18.3. The van der Waals surface area contributed by atoms with Gasteiger partial charge in [-0.2, -0.15) is 9.88 Å². The molecule has 0 bridgehead atoms. The Bertz CT molecular complexity index is 2040. The fourth-order valence-electron chi connectivity index (χ4n) is 5.71. The lowest BCUT2D eigenvalue weighted by Crippen LogP contribution is -2.48. The van der Waals surface area contributed by atoms with Gasteiger partial charge in [0.1, 0.15) is 0 Å². The van der Waals surface area contributed by atoms with Crippen LogP contribution in [0.25, 0.3) is 0 Å². The molecule has 2 aliphatic rings. The van der Waals surface area contributed by atoms with Gasteiger partial charge in [0.2, 0.25) is 12.0 Å². The van der Waals surface area contributed by atoms with E-state index in [-0.39, 0.29) is 24.7 Å². The maximum Gasteiger partial charge on any atom is 0.409 e. The van der Waals surface area contributed by atoms with Gasteiger partial charge in [0.25, 0.3) is 0 Å². The Hall–Kier alpha value is -6.33. The molecule has 0 saturated carbocycles. The molecule has 2 aromatic carbocycles. The normalized spacial score (nSPS) is 14.3. The number of aromatic nitrogens is 2. The van der Waals surface area contributed by atoms with Crippen LogP contribution < -0.4 is 16.4 Å². The second-order valence-electron chi connectivity index (χ2n) is 13.0. The molecule has 0 spiro atoms. The van der Waals surface area contributed by atoms with E-state index >= 15 is 0 Å². The first-order valence-electron chi connectivity index (χ1n) is 19.3. The minimum Gasteiger partial charge on any atom is -0.453 e. The number of aliphatic imine (C=N–C) groups is 2. The van der Waals surface area contributed by atoms with Crippen molar-refractivity contribution in [3.8, 4) is 0 Å². The molecule has 2 aliphatic heterocycles. The number of methoxy groups -OCH3 is 1. The van der Waals surface area contributed by atoms with Crippen LogP contribution in [0.15, 0.2) is 83.0 Å². The molecule has 1 fully saturated rings. The number of anilines is 3. The highest BCUT2D eigenvalue weighted by Gasteiger charge is 2.22. The number of hydrogen-bond donors (Lipinski definition) is 3. The number of isocyanates is 1. The van der Waals surface area contributed by atoms with Crippen molar-refractivity contribution in [2.24, 2.45) is 9.98 Å². The standard InChI is InChI=1S/C20H24FN5O3.C13H18FN3O2.C7H6N2O.2H2/c1-14-6-7-16(12-23-14)24-20(27)25-17-5-3-4-15(19(17)21)13-26-10-8-18(29-28-2)22-9-11-26;1-19-13(18)17-7-5-16(6-8-17)9-10-3-2-4-11(15)12(10)14;1-6-2-3-7(4-8-6)9-5-10;;/h3-7,12H,8-11,13H2,1-2H3,(H2,24,25,27);2-4H,5-9,15H2,1H3;2-4H,1H3;2*1H/i;;;1+1D;1+1. The molecule has 0 radical (unpaired) electrons. The number of nitrogens with two attached hydrogens (primary N) is 1. The zero-order valence-corrected chi connectivity index (χ0v) is 32.9. The zero-order valence-electron chi connectivity index (χ0n) is 34.9. The predicted octanol–water partition coefficient (Wildman–Crippen LogP) is 6.50. The van der Waals surface area contributed by atoms with Crippen molar-refractivity contribution in [2.75, 3.05) is 76.4 Å². The van der Waals surface area contributed by atoms with E-state index in [1.54, 1.807) is 65.7 Å². The van der Waals surface area contributed by atoms with Crippen LogP contribution in [-0.2, 0) is 32.4 Å². The van der Waals surface area contributed by atoms with Gasteiger partial charge in [-0.1, -0.05) is 24.3 Å². The highest BCUT2D eigenvalue weighted by atomic mass is 19.1. The summed E-state index contributed by atoms with van der Waals surface area (Å²) in [6, 6.07) is 16.5. The lowest BCUT2D eigenvalue weighted by atomic mass is 10.1. The van der Waals surface area contributed by atoms with Crippen molar-refractivity contribution in [3.63, 3.8) is 0 Å². The number of nitrogens with zero attached hydrogens (tertiary/aromatic N) is 7. The fourth-order valence-corrected chi connectivity index (χ4v) is 5.71. The Balaban J connectivity index is 0.000000343. The van der Waals surface area contributed by atoms with Gasteiger partial charge in [0.15, 0.2) is 11.6 Å². The summed E-state index contributed by atoms with van der Waals surface area (Å²) < 4.78 is 43.4. The maximum atomic E-state index is 14.9. The number of carbonyl (C=O) groups is 2. The first-order chi connectivity index (χ1) is 29.0. The van der Waals surface area contributed by atoms with Crippen molar-refractivity contribution >= 4 is 46.9 Å². The highest BCUT2D eigenvalue weighted by molar-refractivity contribution is 5.99. The number of amides is 3. The van der Waals surface area contributed by atoms with Gasteiger partial charge in [-0.05, 0) is 50.2 Å². The molecular weight excluding hydrogens is 754 g/mol. The Morgan fingerprint density at radius 3 is 2.14 bits per heavy atom. The summed E-state index contributed by atoms with van der Waals surface area (Å²) in [5.74, 6) is -0.269. The highest BCUT2D eigenvalue weighted by Crippen LogP contribution is 2.21. The average Bonchev–Trinajstić information content (AvgIpc) is 3.49. The quantitative estimate of drug-likeness (QED) is 0.0580. The van der Waals surface area contributed by atoms with E-state index in [2.05, 4.69) is 50.0 Å². The minimum atomic E-state index is -0.531. The monoisotopic (exact) mass is 809 g/mol. The van der Waals surface area contributed by atoms with Crippen LogP contribution in [0.2, 0.25) is 0 Å². The number of hydrogen-bond acceptors (Lipinski definition) is 13. The van der Waals surface area contributed by atoms with Gasteiger partial charge in [-0.25, -0.2) is 23.2 Å². The van der Waals surface area contributed by atoms with E-state index in [1.165, 1.54) is 32.6 Å². The lowest BCUT2D eigenvalue weighted by molar-refractivity contribution is -0.196. The fraction of sp³-hybridized carbons (Fsp3) is 0.350. The van der Waals surface area contributed by atoms with E-state index in [0.29, 0.717) is 93.7 Å². The summed E-state index contributed by atoms with van der Waals surface area (Å²) in [5.41, 5.74) is 9.74. The van der Waals surface area contributed by atoms with Crippen molar-refractivity contribution < 1.29 is 42.1 Å². The molecule has 3 amide bonds. The average molecular weight is 810 g/mol. The predicted molar refractivity (Wildman–Crippen MR) is 219 cm³/mol. The maximum absolute atomic E-state index is 14.9. The van der Waals surface area contributed by atoms with E-state index in [1.807, 2.05) is 13.8 Å². The molecule has 4 heterocycles. The Labute approximate surface area is 340 Å². The van der Waals surface area contributed by atoms with Crippen LogP contribution in [0.4, 0.5) is 41.1 Å². The molecule has 58 heavy (non-hydrogen) atoms. The molecule has 4 aromatic rings. The third-order valence-corrected chi connectivity index (χ3v) is 8.79. The third-order valence-electron chi connectivity index (χ3n) is 8.79. The topological polar surface area (TPSA) is 189 Å². The SMILES string of the molecule is COC(=O)N1CCN(Cc2cccc(N)c2F)CC1.COOC1=NCCN(Cc2cccc(NC(=O)Nc3ccc(C)nc3)c2F)CC1.Cc1ccc(N=C=O)cn1.[2HH].[2H][2H]. The van der Waals surface area contributed by atoms with E-state index in [4.69, 9.17) is 13.6 Å². The molecular formula is C40H52F2N10O6. The number of nitrogen functional groups attached to an aromatic ring is 1. The van der Waals surface area contributed by atoms with Gasteiger partial charge < -0.3 is 30.9 Å². The number of halogens is 2. The summed E-state index contributed by atoms with van der Waals surface area (Å²) in [6.07, 6.45) is 4.79. The van der Waals surface area contributed by atoms with Crippen LogP contribution in [0.5, 0.6) is 0 Å². The molecule has 16 nitrogen and oxygen atoms in total. The molecule has 4 N–H and O–H groups in total. The lowest BCUT2D eigenvalue weighted by Gasteiger charge is -2.33. The van der Waals surface area contributed by atoms with Crippen molar-refractivity contribution in [1.29, 1.82) is 0 Å². The van der Waals surface area contributed by atoms with Crippen molar-refractivity contribution in [3.05, 3.63) is 107 Å². The van der Waals surface area contributed by atoms with Gasteiger partial charge in [0, 0.05) is 85.7 Å². The number of carbonyl (C=O) groups excluding carboxylic acids is 3. The number of urea groups is 1. The number of benzene rings is 2. The van der Waals surface area contributed by atoms with Crippen molar-refractivity contribution in [2.45, 2.75) is 33.4 Å². The molecule has 0 unspecified atom stereocenters. The molecule has 1 saturated heterocycles. The second kappa shape index (κ2) is 23.0. The summed E-state index contributed by atoms with van der Waals surface area (Å²) in [7, 11) is 2.81. The van der Waals surface area contributed by atoms with Crippen LogP contribution in [0.3, 0.4) is 0 Å². The number of ether oxygens (including phenoxy) is 1. The Morgan fingerprint density at radius 1 is 0.862 bits per heavy atom. The van der Waals surface area contributed by atoms with Crippen LogP contribution in [0.1, 0.15) is 33.3 Å². The number of aryl methyl sites for hydroxylation is 2. The van der Waals surface area contributed by atoms with Gasteiger partial charge in [-0.3, -0.25) is 24.8 Å². The second-order valence-corrected chi connectivity index (χ2v) is 13.0. The molecule has 2 aromatic heterocycles.